The monoisotopic (exact) mass is 198 g/mol. The van der Waals surface area contributed by atoms with Crippen molar-refractivity contribution in [3.63, 3.8) is 0 Å². The first-order valence-electron chi connectivity index (χ1n) is 3.40. The van der Waals surface area contributed by atoms with Crippen molar-refractivity contribution in [2.45, 2.75) is 23.7 Å². The minimum atomic E-state index is -4.05. The Bertz CT molecular complexity index is 218. The highest BCUT2D eigenvalue weighted by Crippen LogP contribution is 2.58. The van der Waals surface area contributed by atoms with Crippen LogP contribution in [0.1, 0.15) is 0 Å². The molecule has 0 bridgehead atoms. The molecule has 1 heterocycles. The molecule has 7 heteroatoms. The third-order valence-electron chi connectivity index (χ3n) is 2.09. The van der Waals surface area contributed by atoms with Gasteiger partial charge in [-0.3, -0.25) is 4.57 Å². The highest BCUT2D eigenvalue weighted by molar-refractivity contribution is 7.59. The van der Waals surface area contributed by atoms with Crippen LogP contribution in [0, 0.1) is 0 Å². The van der Waals surface area contributed by atoms with E-state index in [1.165, 1.54) is 0 Å². The molecule has 1 aliphatic rings. The third kappa shape index (κ3) is 1.21. The van der Waals surface area contributed by atoms with Gasteiger partial charge in [-0.25, -0.2) is 0 Å². The van der Waals surface area contributed by atoms with Crippen LogP contribution in [-0.2, 0) is 4.57 Å². The van der Waals surface area contributed by atoms with Gasteiger partial charge in [0.05, 0.1) is 18.4 Å². The number of aliphatic hydroxyl groups excluding tert-OH is 4. The van der Waals surface area contributed by atoms with Gasteiger partial charge in [0.25, 0.3) is 0 Å². The molecule has 5 atom stereocenters. The molecule has 5 unspecified atom stereocenters. The molecule has 12 heavy (non-hydrogen) atoms. The molecule has 6 nitrogen and oxygen atoms in total. The van der Waals surface area contributed by atoms with Crippen LogP contribution in [0.25, 0.3) is 0 Å². The molecule has 72 valence electrons. The second-order valence-electron chi connectivity index (χ2n) is 2.82. The minimum Gasteiger partial charge on any atom is -0.395 e. The smallest absolute Gasteiger partial charge is 0.238 e. The summed E-state index contributed by atoms with van der Waals surface area (Å²) in [7, 11) is -4.05. The number of aliphatic hydroxyl groups is 4. The van der Waals surface area contributed by atoms with Crippen LogP contribution in [0.4, 0.5) is 0 Å². The highest BCUT2D eigenvalue weighted by Gasteiger charge is 2.56. The second-order valence-corrected chi connectivity index (χ2v) is 5.35. The summed E-state index contributed by atoms with van der Waals surface area (Å²) in [5.74, 6) is -1.86. The van der Waals surface area contributed by atoms with Gasteiger partial charge < -0.3 is 25.3 Å². The Morgan fingerprint density at radius 2 is 1.67 bits per heavy atom. The van der Waals surface area contributed by atoms with Gasteiger partial charge in [-0.05, 0) is 0 Å². The fraction of sp³-hybridized carbons (Fsp3) is 1.00. The average molecular weight is 198 g/mol. The first-order valence-corrected chi connectivity index (χ1v) is 5.20. The predicted molar refractivity (Wildman–Crippen MR) is 38.7 cm³/mol. The van der Waals surface area contributed by atoms with Crippen molar-refractivity contribution in [2.24, 2.45) is 0 Å². The van der Waals surface area contributed by atoms with Crippen molar-refractivity contribution in [1.82, 2.24) is 0 Å². The van der Waals surface area contributed by atoms with Gasteiger partial charge in [0.1, 0.15) is 6.10 Å². The van der Waals surface area contributed by atoms with Gasteiger partial charge in [0.2, 0.25) is 7.37 Å². The Hall–Kier alpha value is 0.0300. The fourth-order valence-corrected chi connectivity index (χ4v) is 3.12. The Kier molecular flexibility index (Phi) is 2.58. The van der Waals surface area contributed by atoms with Gasteiger partial charge in [-0.15, -0.1) is 0 Å². The lowest BCUT2D eigenvalue weighted by Crippen LogP contribution is -2.33. The molecule has 0 aromatic heterocycles. The molecule has 1 aliphatic heterocycles. The lowest BCUT2D eigenvalue weighted by atomic mass is 10.1. The van der Waals surface area contributed by atoms with Gasteiger partial charge in [0.15, 0.2) is 5.85 Å². The predicted octanol–water partition coefficient (Wildman–Crippen LogP) is -2.33. The summed E-state index contributed by atoms with van der Waals surface area (Å²) in [5.41, 5.74) is -1.34. The van der Waals surface area contributed by atoms with E-state index in [4.69, 9.17) is 25.3 Å². The van der Waals surface area contributed by atoms with Crippen LogP contribution in [0.3, 0.4) is 0 Å². The Labute approximate surface area is 68.5 Å². The maximum absolute atomic E-state index is 11.2. The van der Waals surface area contributed by atoms with Crippen LogP contribution < -0.4 is 0 Å². The molecule has 0 saturated carbocycles. The van der Waals surface area contributed by atoms with E-state index in [1.54, 1.807) is 0 Å². The summed E-state index contributed by atoms with van der Waals surface area (Å²) in [4.78, 5) is 9.09. The molecule has 1 fully saturated rings. The largest absolute Gasteiger partial charge is 0.395 e. The van der Waals surface area contributed by atoms with Crippen LogP contribution >= 0.6 is 7.37 Å². The molecule has 1 rings (SSSR count). The van der Waals surface area contributed by atoms with Gasteiger partial charge >= 0.3 is 0 Å². The third-order valence-corrected chi connectivity index (χ3v) is 4.57. The number of hydrogen-bond donors (Lipinski definition) is 5. The van der Waals surface area contributed by atoms with Gasteiger partial charge in [-0.2, -0.15) is 0 Å². The zero-order valence-electron chi connectivity index (χ0n) is 6.11. The normalized spacial score (nSPS) is 54.4. The van der Waals surface area contributed by atoms with Crippen LogP contribution in [0.2, 0.25) is 0 Å². The van der Waals surface area contributed by atoms with E-state index in [1.807, 2.05) is 0 Å². The summed E-state index contributed by atoms with van der Waals surface area (Å²) in [5, 5.41) is 35.6. The summed E-state index contributed by atoms with van der Waals surface area (Å²) < 4.78 is 11.2. The van der Waals surface area contributed by atoms with Gasteiger partial charge in [-0.1, -0.05) is 0 Å². The molecule has 0 radical (unpaired) electrons. The summed E-state index contributed by atoms with van der Waals surface area (Å²) in [6.07, 6.45) is -3.20. The number of rotatable bonds is 1. The minimum absolute atomic E-state index is 0.733. The SMILES string of the molecule is O=P1(O)C(O)C(O)C(O)C1CO. The topological polar surface area (TPSA) is 118 Å². The Balaban J connectivity index is 2.96. The van der Waals surface area contributed by atoms with E-state index in [0.29, 0.717) is 0 Å². The van der Waals surface area contributed by atoms with E-state index in [0.717, 1.165) is 0 Å². The number of hydrogen-bond acceptors (Lipinski definition) is 5. The molecule has 0 aromatic rings. The van der Waals surface area contributed by atoms with Crippen LogP contribution in [0.15, 0.2) is 0 Å². The van der Waals surface area contributed by atoms with Crippen molar-refractivity contribution in [2.75, 3.05) is 6.61 Å². The van der Waals surface area contributed by atoms with Crippen molar-refractivity contribution in [3.05, 3.63) is 0 Å². The highest BCUT2D eigenvalue weighted by atomic mass is 31.2. The quantitative estimate of drug-likeness (QED) is 0.301. The van der Waals surface area contributed by atoms with Gasteiger partial charge in [0, 0.05) is 0 Å². The maximum Gasteiger partial charge on any atom is 0.238 e. The molecule has 0 amide bonds. The van der Waals surface area contributed by atoms with Crippen molar-refractivity contribution < 1.29 is 29.9 Å². The molecular formula is C5H11O6P. The molecule has 0 spiro atoms. The van der Waals surface area contributed by atoms with Crippen molar-refractivity contribution >= 4 is 7.37 Å². The zero-order chi connectivity index (χ0) is 9.52. The van der Waals surface area contributed by atoms with E-state index < -0.39 is 37.7 Å². The Morgan fingerprint density at radius 1 is 1.17 bits per heavy atom. The van der Waals surface area contributed by atoms with Crippen molar-refractivity contribution in [1.29, 1.82) is 0 Å². The molecule has 0 aliphatic carbocycles. The maximum atomic E-state index is 11.2. The van der Waals surface area contributed by atoms with Crippen LogP contribution in [-0.4, -0.2) is 55.6 Å². The first-order chi connectivity index (χ1) is 5.42. The zero-order valence-corrected chi connectivity index (χ0v) is 7.00. The average Bonchev–Trinajstić information content (AvgIpc) is 2.13. The lowest BCUT2D eigenvalue weighted by Gasteiger charge is -2.14. The Morgan fingerprint density at radius 3 is 1.83 bits per heavy atom. The van der Waals surface area contributed by atoms with Crippen LogP contribution in [0.5, 0.6) is 0 Å². The molecule has 5 N–H and O–H groups in total. The van der Waals surface area contributed by atoms with Crippen molar-refractivity contribution in [3.8, 4) is 0 Å². The van der Waals surface area contributed by atoms with E-state index in [2.05, 4.69) is 0 Å². The molecule has 0 aromatic carbocycles. The lowest BCUT2D eigenvalue weighted by molar-refractivity contribution is -0.0189. The first kappa shape index (κ1) is 10.1. The van der Waals surface area contributed by atoms with E-state index in [9.17, 15) is 4.57 Å². The molecule has 1 saturated heterocycles. The summed E-state index contributed by atoms with van der Waals surface area (Å²) >= 11 is 0. The summed E-state index contributed by atoms with van der Waals surface area (Å²) in [6.45, 7) is -0.733. The second kappa shape index (κ2) is 3.06. The summed E-state index contributed by atoms with van der Waals surface area (Å²) in [6, 6.07) is 0. The van der Waals surface area contributed by atoms with E-state index >= 15 is 0 Å². The fourth-order valence-electron chi connectivity index (χ4n) is 1.26. The molecular weight excluding hydrogens is 187 g/mol. The van der Waals surface area contributed by atoms with E-state index in [-0.39, 0.29) is 0 Å². The standard InChI is InChI=1S/C5H11O6P/c6-1-2-3(7)4(8)5(9)12(2,10)11/h2-9H,1H2,(H,10,11).